The summed E-state index contributed by atoms with van der Waals surface area (Å²) >= 11 is 0. The second-order valence-corrected chi connectivity index (χ2v) is 6.62. The highest BCUT2D eigenvalue weighted by Crippen LogP contribution is 2.26. The van der Waals surface area contributed by atoms with Crippen LogP contribution in [0.1, 0.15) is 37.8 Å². The topological polar surface area (TPSA) is 53.3 Å². The van der Waals surface area contributed by atoms with E-state index in [0.29, 0.717) is 13.1 Å². The molecule has 1 saturated heterocycles. The maximum absolute atomic E-state index is 12.3. The molecule has 0 saturated carbocycles. The Morgan fingerprint density at radius 2 is 1.95 bits per heavy atom. The van der Waals surface area contributed by atoms with Crippen molar-refractivity contribution in [2.24, 2.45) is 5.41 Å². The molecule has 1 aliphatic rings. The molecule has 0 unspecified atom stereocenters. The number of likely N-dealkylation sites (tertiary alicyclic amines) is 1. The van der Waals surface area contributed by atoms with Gasteiger partial charge in [-0.05, 0) is 44.9 Å². The molecule has 2 rings (SSSR count). The Kier molecular flexibility index (Phi) is 4.75. The van der Waals surface area contributed by atoms with E-state index in [1.807, 2.05) is 6.92 Å². The fourth-order valence-corrected chi connectivity index (χ4v) is 2.63. The zero-order valence-corrected chi connectivity index (χ0v) is 13.8. The Bertz CT molecular complexity index is 594. The minimum absolute atomic E-state index is 0.0832. The van der Waals surface area contributed by atoms with Gasteiger partial charge in [0.05, 0.1) is 6.07 Å². The van der Waals surface area contributed by atoms with E-state index in [4.69, 9.17) is 10.00 Å². The molecule has 1 aromatic carbocycles. The predicted molar refractivity (Wildman–Crippen MR) is 85.5 cm³/mol. The number of carbonyl (C=O) groups excluding carboxylic acids is 1. The monoisotopic (exact) mass is 300 g/mol. The number of rotatable bonds is 3. The van der Waals surface area contributed by atoms with Crippen molar-refractivity contribution in [2.45, 2.75) is 46.6 Å². The molecule has 0 aliphatic carbocycles. The van der Waals surface area contributed by atoms with Gasteiger partial charge in [-0.1, -0.05) is 12.1 Å². The number of benzene rings is 1. The molecule has 0 aromatic heterocycles. The summed E-state index contributed by atoms with van der Waals surface area (Å²) in [4.78, 5) is 14.1. The smallest absolute Gasteiger partial charge is 0.242 e. The van der Waals surface area contributed by atoms with Crippen LogP contribution in [0.3, 0.4) is 0 Å². The molecule has 1 amide bonds. The van der Waals surface area contributed by atoms with Crippen molar-refractivity contribution in [3.05, 3.63) is 29.3 Å². The number of nitrogens with zero attached hydrogens (tertiary/aromatic N) is 2. The number of aryl methyl sites for hydroxylation is 2. The van der Waals surface area contributed by atoms with Gasteiger partial charge in [0.2, 0.25) is 5.91 Å². The quantitative estimate of drug-likeness (QED) is 0.861. The third kappa shape index (κ3) is 3.59. The number of amides is 1. The highest BCUT2D eigenvalue weighted by molar-refractivity contribution is 5.84. The SMILES string of the molecule is Cc1ccc(C)c(OC2CCN(C(=O)C(C)(C)C#N)CC2)c1. The van der Waals surface area contributed by atoms with E-state index in [2.05, 4.69) is 31.2 Å². The zero-order chi connectivity index (χ0) is 16.3. The van der Waals surface area contributed by atoms with E-state index < -0.39 is 5.41 Å². The summed E-state index contributed by atoms with van der Waals surface area (Å²) in [5.41, 5.74) is 1.37. The standard InChI is InChI=1S/C18H24N2O2/c1-13-5-6-14(2)16(11-13)22-15-7-9-20(10-8-15)17(21)18(3,4)12-19/h5-6,11,15H,7-10H2,1-4H3. The second-order valence-electron chi connectivity index (χ2n) is 6.62. The predicted octanol–water partition coefficient (Wildman–Crippen LogP) is 3.22. The van der Waals surface area contributed by atoms with Crippen molar-refractivity contribution >= 4 is 5.91 Å². The van der Waals surface area contributed by atoms with Gasteiger partial charge < -0.3 is 9.64 Å². The van der Waals surface area contributed by atoms with Crippen molar-refractivity contribution < 1.29 is 9.53 Å². The molecule has 1 aromatic rings. The Morgan fingerprint density at radius 1 is 1.32 bits per heavy atom. The van der Waals surface area contributed by atoms with Crippen molar-refractivity contribution in [1.29, 1.82) is 5.26 Å². The minimum Gasteiger partial charge on any atom is -0.490 e. The number of carbonyl (C=O) groups is 1. The average Bonchev–Trinajstić information content (AvgIpc) is 2.51. The maximum Gasteiger partial charge on any atom is 0.242 e. The van der Waals surface area contributed by atoms with Crippen LogP contribution in [0, 0.1) is 30.6 Å². The summed E-state index contributed by atoms with van der Waals surface area (Å²) < 4.78 is 6.10. The van der Waals surface area contributed by atoms with E-state index >= 15 is 0 Å². The summed E-state index contributed by atoms with van der Waals surface area (Å²) in [5, 5.41) is 9.08. The van der Waals surface area contributed by atoms with Crippen molar-refractivity contribution in [3.8, 4) is 11.8 Å². The van der Waals surface area contributed by atoms with E-state index in [-0.39, 0.29) is 12.0 Å². The Balaban J connectivity index is 1.94. The molecule has 0 spiro atoms. The number of ether oxygens (including phenoxy) is 1. The van der Waals surface area contributed by atoms with Gasteiger partial charge in [0.1, 0.15) is 17.3 Å². The van der Waals surface area contributed by atoms with Gasteiger partial charge in [-0.25, -0.2) is 0 Å². The molecule has 0 atom stereocenters. The largest absolute Gasteiger partial charge is 0.490 e. The molecule has 118 valence electrons. The molecule has 22 heavy (non-hydrogen) atoms. The molecule has 1 aliphatic heterocycles. The lowest BCUT2D eigenvalue weighted by Gasteiger charge is -2.35. The van der Waals surface area contributed by atoms with Crippen molar-refractivity contribution in [3.63, 3.8) is 0 Å². The molecule has 4 heteroatoms. The summed E-state index contributed by atoms with van der Waals surface area (Å²) in [7, 11) is 0. The highest BCUT2D eigenvalue weighted by Gasteiger charge is 2.34. The number of hydrogen-bond donors (Lipinski definition) is 0. The molecular formula is C18H24N2O2. The van der Waals surface area contributed by atoms with Gasteiger partial charge in [0.25, 0.3) is 0 Å². The lowest BCUT2D eigenvalue weighted by molar-refractivity contribution is -0.139. The number of hydrogen-bond acceptors (Lipinski definition) is 3. The maximum atomic E-state index is 12.3. The van der Waals surface area contributed by atoms with Gasteiger partial charge in [-0.2, -0.15) is 5.26 Å². The van der Waals surface area contributed by atoms with Gasteiger partial charge in [-0.3, -0.25) is 4.79 Å². The van der Waals surface area contributed by atoms with E-state index in [1.54, 1.807) is 18.7 Å². The molecule has 0 radical (unpaired) electrons. The van der Waals surface area contributed by atoms with Gasteiger partial charge in [0.15, 0.2) is 0 Å². The van der Waals surface area contributed by atoms with E-state index in [0.717, 1.165) is 24.2 Å². The first-order valence-corrected chi connectivity index (χ1v) is 7.78. The summed E-state index contributed by atoms with van der Waals surface area (Å²) in [6.07, 6.45) is 1.75. The molecule has 0 bridgehead atoms. The van der Waals surface area contributed by atoms with Crippen molar-refractivity contribution in [2.75, 3.05) is 13.1 Å². The third-order valence-electron chi connectivity index (χ3n) is 4.18. The highest BCUT2D eigenvalue weighted by atomic mass is 16.5. The van der Waals surface area contributed by atoms with Crippen LogP contribution >= 0.6 is 0 Å². The zero-order valence-electron chi connectivity index (χ0n) is 13.8. The lowest BCUT2D eigenvalue weighted by atomic mass is 9.92. The second kappa shape index (κ2) is 6.39. The van der Waals surface area contributed by atoms with Gasteiger partial charge in [-0.15, -0.1) is 0 Å². The fraction of sp³-hybridized carbons (Fsp3) is 0.556. The van der Waals surface area contributed by atoms with Crippen LogP contribution in [0.4, 0.5) is 0 Å². The Hall–Kier alpha value is -2.02. The Labute approximate surface area is 132 Å². The summed E-state index contributed by atoms with van der Waals surface area (Å²) in [6.45, 7) is 8.75. The van der Waals surface area contributed by atoms with Crippen LogP contribution in [0.15, 0.2) is 18.2 Å². The summed E-state index contributed by atoms with van der Waals surface area (Å²) in [6, 6.07) is 8.29. The summed E-state index contributed by atoms with van der Waals surface area (Å²) in [5.74, 6) is 0.849. The van der Waals surface area contributed by atoms with Gasteiger partial charge >= 0.3 is 0 Å². The van der Waals surface area contributed by atoms with Crippen LogP contribution in [0.25, 0.3) is 0 Å². The van der Waals surface area contributed by atoms with E-state index in [1.165, 1.54) is 5.56 Å². The molecule has 1 fully saturated rings. The number of piperidine rings is 1. The number of nitriles is 1. The van der Waals surface area contributed by atoms with Crippen molar-refractivity contribution in [1.82, 2.24) is 4.90 Å². The van der Waals surface area contributed by atoms with Crippen LogP contribution in [0.2, 0.25) is 0 Å². The third-order valence-corrected chi connectivity index (χ3v) is 4.18. The molecule has 1 heterocycles. The lowest BCUT2D eigenvalue weighted by Crippen LogP contribution is -2.46. The average molecular weight is 300 g/mol. The van der Waals surface area contributed by atoms with Gasteiger partial charge in [0, 0.05) is 25.9 Å². The first-order chi connectivity index (χ1) is 10.3. The van der Waals surface area contributed by atoms with Crippen LogP contribution in [0.5, 0.6) is 5.75 Å². The van der Waals surface area contributed by atoms with E-state index in [9.17, 15) is 4.79 Å². The Morgan fingerprint density at radius 3 is 2.55 bits per heavy atom. The first-order valence-electron chi connectivity index (χ1n) is 7.78. The molecule has 0 N–H and O–H groups in total. The van der Waals surface area contributed by atoms with Crippen LogP contribution in [-0.4, -0.2) is 30.0 Å². The normalized spacial score (nSPS) is 16.2. The first kappa shape index (κ1) is 16.4. The molecular weight excluding hydrogens is 276 g/mol. The van der Waals surface area contributed by atoms with Crippen LogP contribution in [-0.2, 0) is 4.79 Å². The molecule has 4 nitrogen and oxygen atoms in total. The van der Waals surface area contributed by atoms with Crippen LogP contribution < -0.4 is 4.74 Å². The fourth-order valence-electron chi connectivity index (χ4n) is 2.63. The minimum atomic E-state index is -0.944.